The summed E-state index contributed by atoms with van der Waals surface area (Å²) in [5.41, 5.74) is -5.62. The van der Waals surface area contributed by atoms with E-state index in [2.05, 4.69) is 0 Å². The zero-order valence-corrected chi connectivity index (χ0v) is 23.3. The number of hydrogen-bond donors (Lipinski definition) is 0. The van der Waals surface area contributed by atoms with E-state index in [-0.39, 0.29) is 22.1 Å². The fraction of sp³-hybridized carbons (Fsp3) is 0.444. The fourth-order valence-corrected chi connectivity index (χ4v) is 5.56. The molecular formula is C27H33F3N2O5S. The summed E-state index contributed by atoms with van der Waals surface area (Å²) in [5, 5.41) is 0.535. The highest BCUT2D eigenvalue weighted by atomic mass is 32.2. The first-order chi connectivity index (χ1) is 17.5. The zero-order chi connectivity index (χ0) is 28.6. The Morgan fingerprint density at radius 1 is 1.05 bits per heavy atom. The number of ether oxygens (including phenoxy) is 2. The SMILES string of the molecule is CC[C@@H](C)[C@@H](C(=O)OC(C)(C)C)N(c1c(C)c2ccccc2n1-c1ccc(OC)cc1)S(=O)(=O)C(F)(F)F. The van der Waals surface area contributed by atoms with Crippen LogP contribution in [0.3, 0.4) is 0 Å². The number of carbonyl (C=O) groups excluding carboxylic acids is 1. The van der Waals surface area contributed by atoms with Crippen molar-refractivity contribution in [1.29, 1.82) is 0 Å². The second kappa shape index (κ2) is 10.5. The van der Waals surface area contributed by atoms with Gasteiger partial charge in [0.2, 0.25) is 0 Å². The summed E-state index contributed by atoms with van der Waals surface area (Å²) < 4.78 is 82.0. The van der Waals surface area contributed by atoms with Gasteiger partial charge in [-0.2, -0.15) is 21.6 Å². The number of carbonyl (C=O) groups is 1. The van der Waals surface area contributed by atoms with Crippen LogP contribution in [0.25, 0.3) is 16.6 Å². The summed E-state index contributed by atoms with van der Waals surface area (Å²) in [6.45, 7) is 9.46. The third-order valence-electron chi connectivity index (χ3n) is 6.27. The quantitative estimate of drug-likeness (QED) is 0.303. The van der Waals surface area contributed by atoms with E-state index in [1.165, 1.54) is 18.6 Å². The summed E-state index contributed by atoms with van der Waals surface area (Å²) in [5.74, 6) is -1.66. The van der Waals surface area contributed by atoms with Crippen molar-refractivity contribution in [2.45, 2.75) is 65.1 Å². The number of anilines is 1. The molecule has 0 N–H and O–H groups in total. The first kappa shape index (κ1) is 29.3. The standard InChI is InChI=1S/C27H33F3N2O5S/c1-8-17(2)23(25(33)37-26(4,5)6)32(38(34,35)27(28,29)30)24-18(3)21-11-9-10-12-22(21)31(24)19-13-15-20(36-7)16-14-19/h9-17,23H,8H2,1-7H3/t17-,23+/m1/s1. The lowest BCUT2D eigenvalue weighted by Gasteiger charge is -2.37. The molecule has 0 unspecified atom stereocenters. The fourth-order valence-electron chi connectivity index (χ4n) is 4.30. The van der Waals surface area contributed by atoms with Crippen molar-refractivity contribution in [3.8, 4) is 11.4 Å². The van der Waals surface area contributed by atoms with E-state index in [1.54, 1.807) is 83.1 Å². The minimum Gasteiger partial charge on any atom is -0.497 e. The number of sulfonamides is 1. The summed E-state index contributed by atoms with van der Waals surface area (Å²) in [4.78, 5) is 13.5. The number of esters is 1. The van der Waals surface area contributed by atoms with Crippen molar-refractivity contribution < 1.29 is 35.9 Å². The molecule has 3 aromatic rings. The van der Waals surface area contributed by atoms with E-state index in [0.717, 1.165) is 0 Å². The third-order valence-corrected chi connectivity index (χ3v) is 7.77. The number of fused-ring (bicyclic) bond motifs is 1. The molecule has 2 atom stereocenters. The van der Waals surface area contributed by atoms with Gasteiger partial charge in [-0.05, 0) is 63.9 Å². The van der Waals surface area contributed by atoms with Crippen LogP contribution in [0.15, 0.2) is 48.5 Å². The number of hydrogen-bond acceptors (Lipinski definition) is 5. The normalized spacial score (nSPS) is 14.3. The molecule has 1 heterocycles. The molecule has 0 aliphatic heterocycles. The Labute approximate surface area is 221 Å². The molecule has 0 aliphatic carbocycles. The first-order valence-electron chi connectivity index (χ1n) is 12.1. The van der Waals surface area contributed by atoms with Crippen molar-refractivity contribution in [1.82, 2.24) is 4.57 Å². The first-order valence-corrected chi connectivity index (χ1v) is 13.6. The third kappa shape index (κ3) is 5.48. The molecule has 0 spiro atoms. The number of aryl methyl sites for hydroxylation is 1. The lowest BCUT2D eigenvalue weighted by Crippen LogP contribution is -2.55. The van der Waals surface area contributed by atoms with Crippen LogP contribution in [0.2, 0.25) is 0 Å². The van der Waals surface area contributed by atoms with Gasteiger partial charge in [-0.1, -0.05) is 38.5 Å². The minimum absolute atomic E-state index is 0.217. The molecule has 0 saturated carbocycles. The highest BCUT2D eigenvalue weighted by molar-refractivity contribution is 7.93. The Hall–Kier alpha value is -3.21. The van der Waals surface area contributed by atoms with Gasteiger partial charge in [-0.25, -0.2) is 9.10 Å². The largest absolute Gasteiger partial charge is 0.516 e. The van der Waals surface area contributed by atoms with Crippen LogP contribution in [-0.2, 0) is 19.6 Å². The number of methoxy groups -OCH3 is 1. The Bertz CT molecular complexity index is 1410. The number of aromatic nitrogens is 1. The van der Waals surface area contributed by atoms with Gasteiger partial charge >= 0.3 is 21.5 Å². The maximum absolute atomic E-state index is 14.3. The predicted molar refractivity (Wildman–Crippen MR) is 141 cm³/mol. The molecule has 38 heavy (non-hydrogen) atoms. The van der Waals surface area contributed by atoms with Crippen molar-refractivity contribution in [2.75, 3.05) is 11.4 Å². The lowest BCUT2D eigenvalue weighted by molar-refractivity contribution is -0.157. The number of nitrogens with zero attached hydrogens (tertiary/aromatic N) is 2. The number of halogens is 3. The maximum atomic E-state index is 14.3. The zero-order valence-electron chi connectivity index (χ0n) is 22.5. The molecule has 2 aromatic carbocycles. The number of rotatable bonds is 8. The van der Waals surface area contributed by atoms with Gasteiger partial charge in [0.25, 0.3) is 0 Å². The Morgan fingerprint density at radius 2 is 1.63 bits per heavy atom. The smallest absolute Gasteiger partial charge is 0.497 e. The van der Waals surface area contributed by atoms with Gasteiger partial charge in [-0.3, -0.25) is 4.57 Å². The highest BCUT2D eigenvalue weighted by Gasteiger charge is 2.56. The predicted octanol–water partition coefficient (Wildman–Crippen LogP) is 6.36. The Kier molecular flexibility index (Phi) is 8.12. The average molecular weight is 555 g/mol. The molecular weight excluding hydrogens is 521 g/mol. The molecule has 1 aromatic heterocycles. The summed E-state index contributed by atoms with van der Waals surface area (Å²) in [6.07, 6.45) is 0.218. The van der Waals surface area contributed by atoms with Crippen molar-refractivity contribution in [3.05, 3.63) is 54.1 Å². The molecule has 208 valence electrons. The number of benzene rings is 2. The van der Waals surface area contributed by atoms with E-state index in [1.807, 2.05) is 0 Å². The van der Waals surface area contributed by atoms with E-state index < -0.39 is 39.1 Å². The maximum Gasteiger partial charge on any atom is 0.516 e. The summed E-state index contributed by atoms with van der Waals surface area (Å²) >= 11 is 0. The second-order valence-corrected chi connectivity index (χ2v) is 11.9. The highest BCUT2D eigenvalue weighted by Crippen LogP contribution is 2.42. The van der Waals surface area contributed by atoms with Gasteiger partial charge < -0.3 is 9.47 Å². The van der Waals surface area contributed by atoms with Gasteiger partial charge in [0.05, 0.1) is 12.6 Å². The van der Waals surface area contributed by atoms with Gasteiger partial charge in [-0.15, -0.1) is 0 Å². The molecule has 0 radical (unpaired) electrons. The molecule has 0 bridgehead atoms. The lowest BCUT2D eigenvalue weighted by atomic mass is 9.98. The average Bonchev–Trinajstić information content (AvgIpc) is 3.12. The number of para-hydroxylation sites is 1. The van der Waals surface area contributed by atoms with Crippen LogP contribution in [0.5, 0.6) is 5.75 Å². The van der Waals surface area contributed by atoms with E-state index >= 15 is 0 Å². The topological polar surface area (TPSA) is 77.8 Å². The molecule has 0 saturated heterocycles. The number of alkyl halides is 3. The molecule has 7 nitrogen and oxygen atoms in total. The molecule has 0 fully saturated rings. The van der Waals surface area contributed by atoms with Crippen LogP contribution in [0, 0.1) is 12.8 Å². The van der Waals surface area contributed by atoms with Crippen molar-refractivity contribution >= 4 is 32.7 Å². The van der Waals surface area contributed by atoms with Crippen LogP contribution >= 0.6 is 0 Å². The van der Waals surface area contributed by atoms with Gasteiger partial charge in [0, 0.05) is 16.6 Å². The van der Waals surface area contributed by atoms with Crippen LogP contribution in [0.4, 0.5) is 19.0 Å². The van der Waals surface area contributed by atoms with E-state index in [4.69, 9.17) is 9.47 Å². The van der Waals surface area contributed by atoms with Gasteiger partial charge in [0.1, 0.15) is 23.2 Å². The monoisotopic (exact) mass is 554 g/mol. The van der Waals surface area contributed by atoms with E-state index in [0.29, 0.717) is 22.3 Å². The molecule has 0 amide bonds. The molecule has 0 aliphatic rings. The summed E-state index contributed by atoms with van der Waals surface area (Å²) in [6, 6.07) is 11.5. The van der Waals surface area contributed by atoms with E-state index in [9.17, 15) is 26.4 Å². The van der Waals surface area contributed by atoms with Crippen LogP contribution in [-0.4, -0.2) is 43.2 Å². The molecule has 11 heteroatoms. The van der Waals surface area contributed by atoms with Crippen molar-refractivity contribution in [2.24, 2.45) is 5.92 Å². The Balaban J connectivity index is 2.49. The second-order valence-electron chi connectivity index (χ2n) is 10.1. The van der Waals surface area contributed by atoms with Gasteiger partial charge in [0.15, 0.2) is 0 Å². The van der Waals surface area contributed by atoms with Crippen LogP contribution in [0.1, 0.15) is 46.6 Å². The molecule has 3 rings (SSSR count). The van der Waals surface area contributed by atoms with Crippen LogP contribution < -0.4 is 9.04 Å². The Morgan fingerprint density at radius 3 is 2.13 bits per heavy atom. The minimum atomic E-state index is -6.07. The summed E-state index contributed by atoms with van der Waals surface area (Å²) in [7, 11) is -4.60. The van der Waals surface area contributed by atoms with Crippen molar-refractivity contribution in [3.63, 3.8) is 0 Å².